The van der Waals surface area contributed by atoms with Crippen molar-refractivity contribution >= 4 is 29.3 Å². The van der Waals surface area contributed by atoms with E-state index in [1.54, 1.807) is 45.0 Å². The molecule has 1 heterocycles. The Bertz CT molecular complexity index is 928. The lowest BCUT2D eigenvalue weighted by Gasteiger charge is -2.19. The van der Waals surface area contributed by atoms with Crippen molar-refractivity contribution in [2.75, 3.05) is 17.2 Å². The first kappa shape index (κ1) is 21.6. The van der Waals surface area contributed by atoms with E-state index in [2.05, 4.69) is 26.1 Å². The van der Waals surface area contributed by atoms with Crippen LogP contribution in [0.3, 0.4) is 0 Å². The predicted molar refractivity (Wildman–Crippen MR) is 107 cm³/mol. The van der Waals surface area contributed by atoms with Crippen molar-refractivity contribution in [2.45, 2.75) is 32.8 Å². The number of ether oxygens (including phenoxy) is 1. The van der Waals surface area contributed by atoms with E-state index in [0.717, 1.165) is 0 Å². The fourth-order valence-corrected chi connectivity index (χ4v) is 2.16. The van der Waals surface area contributed by atoms with Crippen LogP contribution in [-0.4, -0.2) is 40.3 Å². The van der Waals surface area contributed by atoms with Crippen LogP contribution in [0.15, 0.2) is 41.2 Å². The molecule has 1 aromatic carbocycles. The van der Waals surface area contributed by atoms with Crippen LogP contribution in [0.2, 0.25) is 0 Å². The zero-order valence-electron chi connectivity index (χ0n) is 16.4. The lowest BCUT2D eigenvalue weighted by atomic mass is 10.2. The molecular formula is C19H23N5O5. The van der Waals surface area contributed by atoms with Gasteiger partial charge in [-0.05, 0) is 39.0 Å². The predicted octanol–water partition coefficient (Wildman–Crippen LogP) is 1.88. The van der Waals surface area contributed by atoms with Crippen LogP contribution in [0.1, 0.15) is 37.7 Å². The third-order valence-electron chi connectivity index (χ3n) is 3.38. The summed E-state index contributed by atoms with van der Waals surface area (Å²) in [6.07, 6.45) is -0.588. The maximum absolute atomic E-state index is 12.3. The van der Waals surface area contributed by atoms with Gasteiger partial charge in [-0.15, -0.1) is 0 Å². The van der Waals surface area contributed by atoms with Crippen molar-refractivity contribution in [2.24, 2.45) is 0 Å². The molecule has 3 amide bonds. The molecule has 10 nitrogen and oxygen atoms in total. The number of alkyl carbamates (subject to hydrolysis) is 1. The number of hydrogen-bond donors (Lipinski definition) is 4. The molecule has 1 aromatic heterocycles. The number of carbonyl (C=O) groups excluding carboxylic acids is 3. The average molecular weight is 401 g/mol. The Morgan fingerprint density at radius 1 is 1.03 bits per heavy atom. The number of carbonyl (C=O) groups is 3. The van der Waals surface area contributed by atoms with E-state index < -0.39 is 23.2 Å². The Hall–Kier alpha value is -3.69. The van der Waals surface area contributed by atoms with E-state index in [9.17, 15) is 19.2 Å². The van der Waals surface area contributed by atoms with E-state index in [4.69, 9.17) is 4.74 Å². The zero-order valence-corrected chi connectivity index (χ0v) is 16.4. The first-order valence-electron chi connectivity index (χ1n) is 8.87. The first-order valence-corrected chi connectivity index (χ1v) is 8.87. The van der Waals surface area contributed by atoms with Gasteiger partial charge in [-0.3, -0.25) is 14.4 Å². The van der Waals surface area contributed by atoms with Gasteiger partial charge in [-0.25, -0.2) is 9.89 Å². The maximum Gasteiger partial charge on any atom is 0.407 e. The van der Waals surface area contributed by atoms with Gasteiger partial charge in [0.1, 0.15) is 11.3 Å². The molecule has 0 radical (unpaired) electrons. The lowest BCUT2D eigenvalue weighted by molar-refractivity contribution is -0.116. The summed E-state index contributed by atoms with van der Waals surface area (Å²) in [7, 11) is 0. The van der Waals surface area contributed by atoms with Gasteiger partial charge in [-0.1, -0.05) is 12.1 Å². The van der Waals surface area contributed by atoms with E-state index in [1.807, 2.05) is 0 Å². The smallest absolute Gasteiger partial charge is 0.407 e. The van der Waals surface area contributed by atoms with Crippen LogP contribution in [-0.2, 0) is 9.53 Å². The fraction of sp³-hybridized carbons (Fsp3) is 0.316. The number of H-pyrrole nitrogens is 1. The molecule has 10 heteroatoms. The largest absolute Gasteiger partial charge is 0.444 e. The molecule has 0 atom stereocenters. The van der Waals surface area contributed by atoms with Crippen LogP contribution < -0.4 is 21.5 Å². The normalized spacial score (nSPS) is 10.7. The monoisotopic (exact) mass is 401 g/mol. The highest BCUT2D eigenvalue weighted by molar-refractivity contribution is 6.06. The Labute approximate surface area is 167 Å². The molecule has 0 aliphatic carbocycles. The van der Waals surface area contributed by atoms with Gasteiger partial charge >= 0.3 is 6.09 Å². The van der Waals surface area contributed by atoms with Crippen molar-refractivity contribution in [3.05, 3.63) is 52.4 Å². The number of benzene rings is 1. The number of nitrogens with zero attached hydrogens (tertiary/aromatic N) is 1. The topological polar surface area (TPSA) is 142 Å². The van der Waals surface area contributed by atoms with Crippen molar-refractivity contribution < 1.29 is 19.1 Å². The van der Waals surface area contributed by atoms with E-state index >= 15 is 0 Å². The van der Waals surface area contributed by atoms with Crippen LogP contribution in [0.25, 0.3) is 0 Å². The van der Waals surface area contributed by atoms with Crippen molar-refractivity contribution in [3.8, 4) is 0 Å². The van der Waals surface area contributed by atoms with E-state index in [1.165, 1.54) is 12.1 Å². The molecule has 0 aliphatic heterocycles. The number of nitrogens with one attached hydrogen (secondary N) is 4. The molecule has 2 aromatic rings. The van der Waals surface area contributed by atoms with Crippen LogP contribution in [0.4, 0.5) is 16.2 Å². The lowest BCUT2D eigenvalue weighted by Crippen LogP contribution is -2.34. The summed E-state index contributed by atoms with van der Waals surface area (Å²) in [5, 5.41) is 13.6. The third-order valence-corrected chi connectivity index (χ3v) is 3.38. The molecule has 4 N–H and O–H groups in total. The summed E-state index contributed by atoms with van der Waals surface area (Å²) in [4.78, 5) is 47.0. The molecule has 0 spiro atoms. The second kappa shape index (κ2) is 9.49. The third kappa shape index (κ3) is 7.45. The highest BCUT2D eigenvalue weighted by atomic mass is 16.6. The van der Waals surface area contributed by atoms with Gasteiger partial charge < -0.3 is 20.7 Å². The number of rotatable bonds is 6. The number of amides is 3. The number of aromatic nitrogens is 2. The number of para-hydroxylation sites is 2. The minimum Gasteiger partial charge on any atom is -0.444 e. The van der Waals surface area contributed by atoms with Gasteiger partial charge in [0, 0.05) is 19.0 Å². The van der Waals surface area contributed by atoms with Crippen LogP contribution >= 0.6 is 0 Å². The van der Waals surface area contributed by atoms with Crippen molar-refractivity contribution in [1.29, 1.82) is 0 Å². The second-order valence-corrected chi connectivity index (χ2v) is 7.03. The number of anilines is 2. The SMILES string of the molecule is CC(C)(C)OC(=O)NCCC(=O)Nc1ccccc1NC(=O)c1ccc(=O)[nH]n1. The first-order chi connectivity index (χ1) is 13.6. The quantitative estimate of drug-likeness (QED) is 0.582. The Morgan fingerprint density at radius 2 is 1.69 bits per heavy atom. The van der Waals surface area contributed by atoms with Gasteiger partial charge in [-0.2, -0.15) is 5.10 Å². The second-order valence-electron chi connectivity index (χ2n) is 7.03. The summed E-state index contributed by atoms with van der Waals surface area (Å²) in [6.45, 7) is 5.32. The molecular weight excluding hydrogens is 378 g/mol. The highest BCUT2D eigenvalue weighted by Crippen LogP contribution is 2.21. The number of hydrogen-bond acceptors (Lipinski definition) is 6. The van der Waals surface area contributed by atoms with Crippen molar-refractivity contribution in [3.63, 3.8) is 0 Å². The highest BCUT2D eigenvalue weighted by Gasteiger charge is 2.16. The van der Waals surface area contributed by atoms with E-state index in [-0.39, 0.29) is 24.6 Å². The molecule has 0 bridgehead atoms. The van der Waals surface area contributed by atoms with Gasteiger partial charge in [0.25, 0.3) is 11.5 Å². The summed E-state index contributed by atoms with van der Waals surface area (Å²) in [5.74, 6) is -0.903. The minimum atomic E-state index is -0.621. The van der Waals surface area contributed by atoms with Gasteiger partial charge in [0.05, 0.1) is 11.4 Å². The average Bonchev–Trinajstić information content (AvgIpc) is 2.62. The molecule has 0 fully saturated rings. The minimum absolute atomic E-state index is 0.0169. The Balaban J connectivity index is 1.92. The molecule has 0 saturated carbocycles. The molecule has 0 aliphatic rings. The van der Waals surface area contributed by atoms with E-state index in [0.29, 0.717) is 11.4 Å². The maximum atomic E-state index is 12.3. The van der Waals surface area contributed by atoms with Gasteiger partial charge in [0.15, 0.2) is 0 Å². The molecule has 29 heavy (non-hydrogen) atoms. The zero-order chi connectivity index (χ0) is 21.4. The standard InChI is InChI=1S/C19H23N5O5/c1-19(2,3)29-18(28)20-11-10-15(25)21-12-6-4-5-7-13(12)22-17(27)14-8-9-16(26)24-23-14/h4-9H,10-11H2,1-3H3,(H,20,28)(H,21,25)(H,22,27)(H,24,26). The van der Waals surface area contributed by atoms with Crippen LogP contribution in [0, 0.1) is 0 Å². The Kier molecular flexibility index (Phi) is 7.07. The van der Waals surface area contributed by atoms with Gasteiger partial charge in [0.2, 0.25) is 5.91 Å². The number of aromatic amines is 1. The van der Waals surface area contributed by atoms with Crippen LogP contribution in [0.5, 0.6) is 0 Å². The summed E-state index contributed by atoms with van der Waals surface area (Å²) >= 11 is 0. The Morgan fingerprint density at radius 3 is 2.28 bits per heavy atom. The summed E-state index contributed by atoms with van der Waals surface area (Å²) < 4.78 is 5.09. The molecule has 2 rings (SSSR count). The summed E-state index contributed by atoms with van der Waals surface area (Å²) in [6, 6.07) is 9.09. The molecule has 0 unspecified atom stereocenters. The molecule has 0 saturated heterocycles. The molecule has 154 valence electrons. The fourth-order valence-electron chi connectivity index (χ4n) is 2.16. The summed E-state index contributed by atoms with van der Waals surface area (Å²) in [5.41, 5.74) is -0.280. The van der Waals surface area contributed by atoms with Crippen molar-refractivity contribution in [1.82, 2.24) is 15.5 Å².